The predicted octanol–water partition coefficient (Wildman–Crippen LogP) is 3.90. The van der Waals surface area contributed by atoms with Crippen molar-refractivity contribution >= 4 is 19.4 Å². The maximum absolute atomic E-state index is 12.0. The molecule has 1 saturated carbocycles. The molecule has 0 radical (unpaired) electrons. The molecule has 0 saturated heterocycles. The molecule has 0 unspecified atom stereocenters. The average molecular weight is 379 g/mol. The van der Waals surface area contributed by atoms with Crippen LogP contribution in [0.5, 0.6) is 0 Å². The van der Waals surface area contributed by atoms with Crippen LogP contribution in [0.1, 0.15) is 24.0 Å². The number of hydrogen-bond acceptors (Lipinski definition) is 1. The summed E-state index contributed by atoms with van der Waals surface area (Å²) in [6.45, 7) is 0. The molecule has 0 heterocycles. The molecule has 1 aliphatic rings. The van der Waals surface area contributed by atoms with Crippen LogP contribution in [0.4, 0.5) is 0 Å². The van der Waals surface area contributed by atoms with Crippen molar-refractivity contribution < 1.29 is 5.11 Å². The van der Waals surface area contributed by atoms with Crippen LogP contribution in [-0.2, 0) is 5.60 Å². The topological polar surface area (TPSA) is 20.2 Å². The molecule has 2 heteroatoms. The number of benzene rings is 3. The molecule has 1 N–H and O–H groups in total. The molecule has 0 atom stereocenters. The minimum absolute atomic E-state index is 0.0654. The van der Waals surface area contributed by atoms with E-state index in [1.807, 2.05) is 36.4 Å². The monoisotopic (exact) mass is 380 g/mol. The van der Waals surface area contributed by atoms with Crippen LogP contribution in [-0.4, -0.2) is 20.1 Å². The summed E-state index contributed by atoms with van der Waals surface area (Å²) >= 11 is 0.217. The van der Waals surface area contributed by atoms with Gasteiger partial charge in [0, 0.05) is 0 Å². The molecule has 24 heavy (non-hydrogen) atoms. The molecule has 0 spiro atoms. The van der Waals surface area contributed by atoms with Crippen molar-refractivity contribution in [3.63, 3.8) is 0 Å². The van der Waals surface area contributed by atoms with Crippen molar-refractivity contribution in [2.75, 3.05) is 0 Å². The average Bonchev–Trinajstić information content (AvgIpc) is 3.44. The minimum atomic E-state index is -0.925. The zero-order valence-electron chi connectivity index (χ0n) is 13.4. The second-order valence-electron chi connectivity index (χ2n) is 6.35. The second-order valence-corrected chi connectivity index (χ2v) is 9.41. The summed E-state index contributed by atoms with van der Waals surface area (Å²) in [7, 11) is 0. The van der Waals surface area contributed by atoms with Gasteiger partial charge in [-0.25, -0.2) is 0 Å². The van der Waals surface area contributed by atoms with Gasteiger partial charge < -0.3 is 0 Å². The molecular weight excluding hydrogens is 359 g/mol. The van der Waals surface area contributed by atoms with E-state index < -0.39 is 5.60 Å². The second kappa shape index (κ2) is 6.22. The molecule has 1 nitrogen and oxygen atoms in total. The van der Waals surface area contributed by atoms with Crippen molar-refractivity contribution in [2.24, 2.45) is 0 Å². The van der Waals surface area contributed by atoms with Gasteiger partial charge in [-0.2, -0.15) is 0 Å². The van der Waals surface area contributed by atoms with Gasteiger partial charge in [-0.15, -0.1) is 0 Å². The Morgan fingerprint density at radius 1 is 0.667 bits per heavy atom. The molecule has 120 valence electrons. The van der Waals surface area contributed by atoms with E-state index >= 15 is 0 Å². The summed E-state index contributed by atoms with van der Waals surface area (Å²) in [6.07, 6.45) is 2.14. The zero-order valence-corrected chi connectivity index (χ0v) is 15.1. The first-order chi connectivity index (χ1) is 11.7. The van der Waals surface area contributed by atoms with E-state index in [1.54, 1.807) is 0 Å². The molecule has 4 rings (SSSR count). The Labute approximate surface area is 149 Å². The van der Waals surface area contributed by atoms with Crippen LogP contribution in [0.3, 0.4) is 0 Å². The van der Waals surface area contributed by atoms with Gasteiger partial charge in [0.25, 0.3) is 0 Å². The summed E-state index contributed by atoms with van der Waals surface area (Å²) in [5, 5.41) is 12.0. The molecule has 3 aromatic carbocycles. The quantitative estimate of drug-likeness (QED) is 0.667. The molecule has 0 amide bonds. The van der Waals surface area contributed by atoms with Crippen molar-refractivity contribution in [2.45, 2.75) is 22.8 Å². The summed E-state index contributed by atoms with van der Waals surface area (Å²) in [6, 6.07) is 31.0. The third-order valence-corrected chi connectivity index (χ3v) is 8.16. The molecule has 3 aromatic rings. The Balaban J connectivity index is 1.82. The predicted molar refractivity (Wildman–Crippen MR) is 99.6 cm³/mol. The van der Waals surface area contributed by atoms with E-state index in [-0.39, 0.29) is 19.3 Å². The van der Waals surface area contributed by atoms with Crippen LogP contribution >= 0.6 is 0 Å². The van der Waals surface area contributed by atoms with E-state index in [9.17, 15) is 5.11 Å². The Hall–Kier alpha value is -1.86. The van der Waals surface area contributed by atoms with Crippen molar-refractivity contribution in [3.05, 3.63) is 102 Å². The van der Waals surface area contributed by atoms with E-state index in [1.165, 1.54) is 4.46 Å². The molecule has 1 aliphatic carbocycles. The number of hydrogen-bond donors (Lipinski definition) is 1. The van der Waals surface area contributed by atoms with Gasteiger partial charge in [0.05, 0.1) is 0 Å². The Morgan fingerprint density at radius 2 is 1.08 bits per heavy atom. The SMILES string of the molecule is OC(c1ccccc1)(c1ccccc1)C1([Se]c2ccccc2)CC1. The van der Waals surface area contributed by atoms with E-state index in [4.69, 9.17) is 0 Å². The van der Waals surface area contributed by atoms with Gasteiger partial charge in [0.15, 0.2) is 0 Å². The third kappa shape index (κ3) is 2.61. The van der Waals surface area contributed by atoms with Crippen LogP contribution in [0, 0.1) is 0 Å². The normalized spacial score (nSPS) is 15.9. The number of aliphatic hydroxyl groups is 1. The summed E-state index contributed by atoms with van der Waals surface area (Å²) in [5.74, 6) is 0. The van der Waals surface area contributed by atoms with Crippen molar-refractivity contribution in [1.29, 1.82) is 0 Å². The van der Waals surface area contributed by atoms with Crippen LogP contribution in [0.2, 0.25) is 4.31 Å². The number of rotatable bonds is 5. The third-order valence-electron chi connectivity index (χ3n) is 4.80. The molecule has 0 bridgehead atoms. The fourth-order valence-corrected chi connectivity index (χ4v) is 6.43. The van der Waals surface area contributed by atoms with Crippen molar-refractivity contribution in [1.82, 2.24) is 0 Å². The van der Waals surface area contributed by atoms with E-state index in [0.29, 0.717) is 0 Å². The first kappa shape index (κ1) is 15.7. The van der Waals surface area contributed by atoms with Gasteiger partial charge in [-0.1, -0.05) is 0 Å². The summed E-state index contributed by atoms with van der Waals surface area (Å²) < 4.78 is 1.29. The summed E-state index contributed by atoms with van der Waals surface area (Å²) in [5.41, 5.74) is 1.09. The summed E-state index contributed by atoms with van der Waals surface area (Å²) in [4.78, 5) is 0. The van der Waals surface area contributed by atoms with Crippen LogP contribution in [0.25, 0.3) is 0 Å². The van der Waals surface area contributed by atoms with Crippen LogP contribution in [0.15, 0.2) is 91.0 Å². The van der Waals surface area contributed by atoms with Gasteiger partial charge >= 0.3 is 149 Å². The van der Waals surface area contributed by atoms with Gasteiger partial charge in [0.1, 0.15) is 0 Å². The first-order valence-electron chi connectivity index (χ1n) is 8.32. The van der Waals surface area contributed by atoms with E-state index in [2.05, 4.69) is 54.6 Å². The first-order valence-corrected chi connectivity index (χ1v) is 10.0. The Bertz CT molecular complexity index is 756. The molecule has 0 aromatic heterocycles. The van der Waals surface area contributed by atoms with Crippen molar-refractivity contribution in [3.8, 4) is 0 Å². The van der Waals surface area contributed by atoms with Gasteiger partial charge in [0.2, 0.25) is 0 Å². The Kier molecular flexibility index (Phi) is 4.05. The Morgan fingerprint density at radius 3 is 1.50 bits per heavy atom. The molecule has 1 fully saturated rings. The van der Waals surface area contributed by atoms with E-state index in [0.717, 1.165) is 24.0 Å². The van der Waals surface area contributed by atoms with Gasteiger partial charge in [-0.05, 0) is 0 Å². The molecular formula is C22H20OSe. The molecule has 0 aliphatic heterocycles. The maximum atomic E-state index is 12.0. The fraction of sp³-hybridized carbons (Fsp3) is 0.182. The van der Waals surface area contributed by atoms with Gasteiger partial charge in [-0.3, -0.25) is 0 Å². The van der Waals surface area contributed by atoms with Crippen LogP contribution < -0.4 is 4.46 Å². The fourth-order valence-electron chi connectivity index (χ4n) is 3.42. The standard InChI is InChI=1S/C22H20OSe/c23-22(18-10-4-1-5-11-18,19-12-6-2-7-13-19)21(16-17-21)24-20-14-8-3-9-15-20/h1-15,23H,16-17H2. The zero-order chi connectivity index (χ0) is 16.5.